The van der Waals surface area contributed by atoms with Gasteiger partial charge in [-0.3, -0.25) is 9.36 Å². The number of nitrogens with zero attached hydrogens (tertiary/aromatic N) is 5. The van der Waals surface area contributed by atoms with E-state index in [0.717, 1.165) is 0 Å². The van der Waals surface area contributed by atoms with Crippen molar-refractivity contribution >= 4 is 34.3 Å². The van der Waals surface area contributed by atoms with Gasteiger partial charge in [0.2, 0.25) is 0 Å². The molecule has 0 aliphatic carbocycles. The summed E-state index contributed by atoms with van der Waals surface area (Å²) >= 11 is 5.78. The Hall–Kier alpha value is -3.33. The molecule has 0 radical (unpaired) electrons. The predicted molar refractivity (Wildman–Crippen MR) is 90.2 cm³/mol. The molecule has 1 aromatic carbocycles. The summed E-state index contributed by atoms with van der Waals surface area (Å²) in [6.45, 7) is 0. The third kappa shape index (κ3) is 2.32. The van der Waals surface area contributed by atoms with Gasteiger partial charge in [-0.2, -0.15) is 5.10 Å². The first-order valence-electron chi connectivity index (χ1n) is 7.31. The van der Waals surface area contributed by atoms with Crippen molar-refractivity contribution in [3.05, 3.63) is 63.4 Å². The van der Waals surface area contributed by atoms with Crippen LogP contribution in [0.1, 0.15) is 10.4 Å². The maximum absolute atomic E-state index is 13.3. The Labute approximate surface area is 149 Å². The monoisotopic (exact) mass is 373 g/mol. The number of ether oxygens (including phenoxy) is 1. The average molecular weight is 374 g/mol. The molecule has 4 rings (SSSR count). The number of rotatable bonds is 2. The van der Waals surface area contributed by atoms with Crippen LogP contribution in [-0.2, 0) is 4.74 Å². The van der Waals surface area contributed by atoms with E-state index in [-0.39, 0.29) is 21.7 Å². The first-order valence-corrected chi connectivity index (χ1v) is 7.68. The quantitative estimate of drug-likeness (QED) is 0.499. The van der Waals surface area contributed by atoms with Crippen molar-refractivity contribution in [1.29, 1.82) is 0 Å². The number of pyridine rings is 1. The second-order valence-electron chi connectivity index (χ2n) is 5.31. The van der Waals surface area contributed by atoms with Gasteiger partial charge in [0, 0.05) is 6.20 Å². The molecular formula is C16H9ClFN5O3. The summed E-state index contributed by atoms with van der Waals surface area (Å²) in [6.07, 6.45) is 2.77. The molecule has 130 valence electrons. The number of methoxy groups -OCH3 is 1. The number of hydrogen-bond donors (Lipinski definition) is 0. The van der Waals surface area contributed by atoms with Crippen molar-refractivity contribution in [2.24, 2.45) is 0 Å². The van der Waals surface area contributed by atoms with Crippen LogP contribution in [0.4, 0.5) is 4.39 Å². The lowest BCUT2D eigenvalue weighted by atomic mass is 10.3. The molecule has 0 spiro atoms. The molecule has 0 N–H and O–H groups in total. The maximum Gasteiger partial charge on any atom is 0.343 e. The second-order valence-corrected chi connectivity index (χ2v) is 5.72. The molecule has 3 heterocycles. The molecule has 0 amide bonds. The van der Waals surface area contributed by atoms with Crippen LogP contribution in [0.25, 0.3) is 22.4 Å². The summed E-state index contributed by atoms with van der Waals surface area (Å²) in [5.41, 5.74) is 0.581. The smallest absolute Gasteiger partial charge is 0.343 e. The number of benzene rings is 1. The fourth-order valence-corrected chi connectivity index (χ4v) is 2.76. The van der Waals surface area contributed by atoms with Crippen molar-refractivity contribution in [2.75, 3.05) is 7.11 Å². The van der Waals surface area contributed by atoms with Crippen LogP contribution in [0, 0.1) is 5.82 Å². The number of halogens is 2. The van der Waals surface area contributed by atoms with Gasteiger partial charge in [0.25, 0.3) is 5.56 Å². The highest BCUT2D eigenvalue weighted by atomic mass is 35.5. The van der Waals surface area contributed by atoms with Crippen LogP contribution in [0.2, 0.25) is 5.02 Å². The fourth-order valence-electron chi connectivity index (χ4n) is 2.58. The Kier molecular flexibility index (Phi) is 3.66. The molecule has 10 heteroatoms. The number of aromatic nitrogens is 5. The van der Waals surface area contributed by atoms with E-state index in [9.17, 15) is 14.0 Å². The largest absolute Gasteiger partial charge is 0.465 e. The van der Waals surface area contributed by atoms with E-state index in [0.29, 0.717) is 11.2 Å². The zero-order valence-electron chi connectivity index (χ0n) is 13.2. The highest BCUT2D eigenvalue weighted by molar-refractivity contribution is 6.30. The van der Waals surface area contributed by atoms with Crippen LogP contribution in [-0.4, -0.2) is 37.5 Å². The standard InChI is InChI=1S/C16H9ClFN5O3/c1-26-16(25)9-7-19-23-12-4-5-22(8-2-3-11(18)10(17)6-8)15(24)13(12)20-21-14(9)23/h2-7H,1H3. The summed E-state index contributed by atoms with van der Waals surface area (Å²) in [4.78, 5) is 24.5. The lowest BCUT2D eigenvalue weighted by Crippen LogP contribution is -2.20. The molecule has 26 heavy (non-hydrogen) atoms. The van der Waals surface area contributed by atoms with Crippen LogP contribution >= 0.6 is 11.6 Å². The molecule has 0 bridgehead atoms. The van der Waals surface area contributed by atoms with Gasteiger partial charge in [0.15, 0.2) is 11.2 Å². The summed E-state index contributed by atoms with van der Waals surface area (Å²) in [5.74, 6) is -1.19. The molecule has 8 nitrogen and oxygen atoms in total. The number of fused-ring (bicyclic) bond motifs is 3. The number of esters is 1. The molecule has 0 aliphatic rings. The molecule has 0 atom stereocenters. The first kappa shape index (κ1) is 16.2. The Bertz CT molecular complexity index is 1250. The zero-order chi connectivity index (χ0) is 18.4. The topological polar surface area (TPSA) is 91.4 Å². The van der Waals surface area contributed by atoms with E-state index in [1.54, 1.807) is 6.07 Å². The van der Waals surface area contributed by atoms with E-state index in [4.69, 9.17) is 11.6 Å². The van der Waals surface area contributed by atoms with E-state index in [1.807, 2.05) is 0 Å². The second kappa shape index (κ2) is 5.88. The summed E-state index contributed by atoms with van der Waals surface area (Å²) in [5, 5.41) is 11.8. The first-order chi connectivity index (χ1) is 12.5. The van der Waals surface area contributed by atoms with Gasteiger partial charge in [0.1, 0.15) is 16.9 Å². The molecule has 4 aromatic rings. The average Bonchev–Trinajstić information content (AvgIpc) is 3.08. The minimum absolute atomic E-state index is 0.0277. The third-order valence-corrected chi connectivity index (χ3v) is 4.14. The fraction of sp³-hybridized carbons (Fsp3) is 0.0625. The Morgan fingerprint density at radius 1 is 1.27 bits per heavy atom. The van der Waals surface area contributed by atoms with Gasteiger partial charge < -0.3 is 4.74 Å². The van der Waals surface area contributed by atoms with Gasteiger partial charge in [-0.25, -0.2) is 13.7 Å². The molecule has 0 saturated carbocycles. The molecule has 0 fully saturated rings. The maximum atomic E-state index is 13.3. The van der Waals surface area contributed by atoms with Gasteiger partial charge in [-0.1, -0.05) is 11.6 Å². The van der Waals surface area contributed by atoms with E-state index in [2.05, 4.69) is 20.0 Å². The highest BCUT2D eigenvalue weighted by Gasteiger charge is 2.18. The summed E-state index contributed by atoms with van der Waals surface area (Å²) in [6, 6.07) is 5.51. The van der Waals surface area contributed by atoms with Crippen LogP contribution in [0.15, 0.2) is 41.5 Å². The number of carbonyl (C=O) groups excluding carboxylic acids is 1. The molecule has 0 aliphatic heterocycles. The molecular weight excluding hydrogens is 365 g/mol. The third-order valence-electron chi connectivity index (χ3n) is 3.85. The SMILES string of the molecule is COC(=O)c1cnn2c1nnc1c(=O)n(-c3ccc(F)c(Cl)c3)ccc12. The van der Waals surface area contributed by atoms with Crippen molar-refractivity contribution in [3.63, 3.8) is 0 Å². The summed E-state index contributed by atoms with van der Waals surface area (Å²) in [7, 11) is 1.24. The van der Waals surface area contributed by atoms with Gasteiger partial charge in [0.05, 0.1) is 24.0 Å². The zero-order valence-corrected chi connectivity index (χ0v) is 13.9. The Morgan fingerprint density at radius 2 is 2.08 bits per heavy atom. The Balaban J connectivity index is 1.96. The predicted octanol–water partition coefficient (Wildman–Crippen LogP) is 2.01. The van der Waals surface area contributed by atoms with Gasteiger partial charge in [-0.15, -0.1) is 10.2 Å². The molecule has 3 aromatic heterocycles. The van der Waals surface area contributed by atoms with E-state index < -0.39 is 17.3 Å². The number of hydrogen-bond acceptors (Lipinski definition) is 6. The normalized spacial score (nSPS) is 11.2. The van der Waals surface area contributed by atoms with Crippen LogP contribution in [0.5, 0.6) is 0 Å². The van der Waals surface area contributed by atoms with Crippen molar-refractivity contribution in [2.45, 2.75) is 0 Å². The minimum Gasteiger partial charge on any atom is -0.465 e. The lowest BCUT2D eigenvalue weighted by Gasteiger charge is -2.08. The van der Waals surface area contributed by atoms with Gasteiger partial charge in [-0.05, 0) is 24.3 Å². The Morgan fingerprint density at radius 3 is 2.81 bits per heavy atom. The van der Waals surface area contributed by atoms with Crippen molar-refractivity contribution < 1.29 is 13.9 Å². The highest BCUT2D eigenvalue weighted by Crippen LogP contribution is 2.19. The van der Waals surface area contributed by atoms with Gasteiger partial charge >= 0.3 is 5.97 Å². The molecule has 0 unspecified atom stereocenters. The summed E-state index contributed by atoms with van der Waals surface area (Å²) < 4.78 is 20.6. The van der Waals surface area contributed by atoms with E-state index in [1.165, 1.54) is 46.8 Å². The molecule has 0 saturated heterocycles. The van der Waals surface area contributed by atoms with Crippen LogP contribution < -0.4 is 5.56 Å². The van der Waals surface area contributed by atoms with E-state index >= 15 is 0 Å². The lowest BCUT2D eigenvalue weighted by molar-refractivity contribution is 0.0602. The van der Waals surface area contributed by atoms with Crippen molar-refractivity contribution in [3.8, 4) is 5.69 Å². The number of carbonyl (C=O) groups is 1. The minimum atomic E-state index is -0.608. The van der Waals surface area contributed by atoms with Crippen LogP contribution in [0.3, 0.4) is 0 Å². The van der Waals surface area contributed by atoms with Crippen molar-refractivity contribution in [1.82, 2.24) is 24.4 Å².